The summed E-state index contributed by atoms with van der Waals surface area (Å²) in [5.74, 6) is 2.01. The number of likely N-dealkylation sites (tertiary alicyclic amines) is 1. The zero-order chi connectivity index (χ0) is 16.9. The van der Waals surface area contributed by atoms with Gasteiger partial charge in [0.25, 0.3) is 5.91 Å². The molecule has 2 aromatic heterocycles. The Morgan fingerprint density at radius 2 is 2.25 bits per heavy atom. The fraction of sp³-hybridized carbons (Fsp3) is 0.421. The molecule has 1 unspecified atom stereocenters. The first-order valence-electron chi connectivity index (χ1n) is 8.37. The molecule has 5 nitrogen and oxygen atoms in total. The molecule has 24 heavy (non-hydrogen) atoms. The van der Waals surface area contributed by atoms with Crippen LogP contribution in [0.2, 0.25) is 0 Å². The fourth-order valence-corrected chi connectivity index (χ4v) is 3.19. The number of hydrogen-bond donors (Lipinski definition) is 1. The number of rotatable bonds is 6. The Morgan fingerprint density at radius 1 is 1.38 bits per heavy atom. The maximum Gasteiger partial charge on any atom is 0.254 e. The van der Waals surface area contributed by atoms with E-state index in [0.29, 0.717) is 23.8 Å². The number of hydrogen-bond acceptors (Lipinski definition) is 4. The number of carbonyl (C=O) groups is 1. The van der Waals surface area contributed by atoms with Crippen LogP contribution < -0.4 is 5.32 Å². The third-order valence-corrected chi connectivity index (χ3v) is 4.43. The summed E-state index contributed by atoms with van der Waals surface area (Å²) >= 11 is 0. The minimum Gasteiger partial charge on any atom is -0.469 e. The number of aryl methyl sites for hydroxylation is 1. The molecule has 1 aliphatic rings. The van der Waals surface area contributed by atoms with E-state index in [0.717, 1.165) is 31.8 Å². The van der Waals surface area contributed by atoms with Crippen molar-refractivity contribution in [1.29, 1.82) is 0 Å². The van der Waals surface area contributed by atoms with Gasteiger partial charge in [-0.3, -0.25) is 9.69 Å². The average Bonchev–Trinajstić information content (AvgIpc) is 3.27. The summed E-state index contributed by atoms with van der Waals surface area (Å²) in [6.07, 6.45) is 6.43. The van der Waals surface area contributed by atoms with Crippen molar-refractivity contribution >= 4 is 12.0 Å². The smallest absolute Gasteiger partial charge is 0.254 e. The molecule has 1 N–H and O–H groups in total. The van der Waals surface area contributed by atoms with Gasteiger partial charge in [-0.2, -0.15) is 0 Å². The van der Waals surface area contributed by atoms with E-state index in [9.17, 15) is 4.79 Å². The second-order valence-electron chi connectivity index (χ2n) is 6.50. The Labute approximate surface area is 142 Å². The predicted octanol–water partition coefficient (Wildman–Crippen LogP) is 3.34. The van der Waals surface area contributed by atoms with Gasteiger partial charge in [0.2, 0.25) is 0 Å². The average molecular weight is 328 g/mol. The van der Waals surface area contributed by atoms with Crippen molar-refractivity contribution < 1.29 is 13.6 Å². The van der Waals surface area contributed by atoms with Crippen molar-refractivity contribution in [3.05, 3.63) is 53.4 Å². The van der Waals surface area contributed by atoms with Gasteiger partial charge in [-0.1, -0.05) is 5.57 Å². The van der Waals surface area contributed by atoms with Crippen molar-refractivity contribution in [2.45, 2.75) is 20.3 Å². The van der Waals surface area contributed by atoms with Crippen molar-refractivity contribution in [2.24, 2.45) is 5.92 Å². The highest BCUT2D eigenvalue weighted by Gasteiger charge is 2.23. The van der Waals surface area contributed by atoms with Crippen LogP contribution in [0.1, 0.15) is 35.2 Å². The van der Waals surface area contributed by atoms with Crippen molar-refractivity contribution in [1.82, 2.24) is 10.2 Å². The summed E-state index contributed by atoms with van der Waals surface area (Å²) in [6, 6.07) is 5.58. The maximum atomic E-state index is 12.1. The molecule has 1 saturated heterocycles. The number of furan rings is 2. The number of amides is 1. The van der Waals surface area contributed by atoms with Gasteiger partial charge in [-0.25, -0.2) is 0 Å². The van der Waals surface area contributed by atoms with Gasteiger partial charge >= 0.3 is 0 Å². The molecule has 0 aromatic carbocycles. The Morgan fingerprint density at radius 3 is 2.96 bits per heavy atom. The van der Waals surface area contributed by atoms with Crippen LogP contribution in [-0.2, 0) is 0 Å². The highest BCUT2D eigenvalue weighted by molar-refractivity contribution is 5.95. The lowest BCUT2D eigenvalue weighted by Gasteiger charge is -2.16. The number of carbonyl (C=O) groups excluding carboxylic acids is 1. The van der Waals surface area contributed by atoms with Gasteiger partial charge in [0.1, 0.15) is 11.5 Å². The summed E-state index contributed by atoms with van der Waals surface area (Å²) in [4.78, 5) is 14.5. The van der Waals surface area contributed by atoms with E-state index < -0.39 is 0 Å². The van der Waals surface area contributed by atoms with Gasteiger partial charge in [-0.15, -0.1) is 0 Å². The van der Waals surface area contributed by atoms with Crippen molar-refractivity contribution in [2.75, 3.05) is 26.2 Å². The van der Waals surface area contributed by atoms with Gasteiger partial charge in [0.05, 0.1) is 18.1 Å². The quantitative estimate of drug-likeness (QED) is 0.883. The van der Waals surface area contributed by atoms with E-state index in [-0.39, 0.29) is 5.91 Å². The number of nitrogens with zero attached hydrogens (tertiary/aromatic N) is 1. The molecule has 0 spiro atoms. The van der Waals surface area contributed by atoms with E-state index in [1.54, 1.807) is 25.5 Å². The van der Waals surface area contributed by atoms with E-state index >= 15 is 0 Å². The van der Waals surface area contributed by atoms with E-state index in [1.807, 2.05) is 12.1 Å². The molecule has 1 aliphatic heterocycles. The van der Waals surface area contributed by atoms with Gasteiger partial charge < -0.3 is 14.2 Å². The zero-order valence-electron chi connectivity index (χ0n) is 14.2. The summed E-state index contributed by atoms with van der Waals surface area (Å²) in [7, 11) is 0. The SMILES string of the molecule is C/C(=C\c1ccco1)CN1CCC(CNC(=O)c2ccoc2C)C1. The molecule has 0 radical (unpaired) electrons. The maximum absolute atomic E-state index is 12.1. The largest absolute Gasteiger partial charge is 0.469 e. The second-order valence-corrected chi connectivity index (χ2v) is 6.50. The predicted molar refractivity (Wildman–Crippen MR) is 92.7 cm³/mol. The number of nitrogens with one attached hydrogen (secondary N) is 1. The lowest BCUT2D eigenvalue weighted by molar-refractivity contribution is 0.0946. The van der Waals surface area contributed by atoms with E-state index in [1.165, 1.54) is 5.57 Å². The van der Waals surface area contributed by atoms with Crippen molar-refractivity contribution in [3.63, 3.8) is 0 Å². The molecule has 128 valence electrons. The Balaban J connectivity index is 1.44. The van der Waals surface area contributed by atoms with Crippen LogP contribution in [0, 0.1) is 12.8 Å². The molecule has 0 bridgehead atoms. The van der Waals surface area contributed by atoms with Crippen LogP contribution >= 0.6 is 0 Å². The summed E-state index contributed by atoms with van der Waals surface area (Å²) < 4.78 is 10.5. The van der Waals surface area contributed by atoms with Gasteiger partial charge in [-0.05, 0) is 57.0 Å². The van der Waals surface area contributed by atoms with Crippen LogP contribution in [0.15, 0.2) is 45.1 Å². The highest BCUT2D eigenvalue weighted by Crippen LogP contribution is 2.18. The first-order chi connectivity index (χ1) is 11.6. The van der Waals surface area contributed by atoms with Gasteiger partial charge in [0.15, 0.2) is 0 Å². The molecule has 3 rings (SSSR count). The minimum atomic E-state index is -0.0476. The van der Waals surface area contributed by atoms with Crippen LogP contribution in [0.25, 0.3) is 6.08 Å². The normalized spacial score (nSPS) is 18.9. The fourth-order valence-electron chi connectivity index (χ4n) is 3.19. The molecule has 0 saturated carbocycles. The van der Waals surface area contributed by atoms with Crippen LogP contribution in [0.5, 0.6) is 0 Å². The van der Waals surface area contributed by atoms with Crippen molar-refractivity contribution in [3.8, 4) is 0 Å². The third kappa shape index (κ3) is 4.17. The summed E-state index contributed by atoms with van der Waals surface area (Å²) in [5.41, 5.74) is 1.91. The summed E-state index contributed by atoms with van der Waals surface area (Å²) in [6.45, 7) is 7.65. The first-order valence-corrected chi connectivity index (χ1v) is 8.37. The molecule has 5 heteroatoms. The standard InChI is InChI=1S/C19H24N2O3/c1-14(10-17-4-3-8-24-17)12-21-7-5-16(13-21)11-20-19(22)18-6-9-23-15(18)2/h3-4,6,8-10,16H,5,7,11-13H2,1-2H3,(H,20,22)/b14-10+. The van der Waals surface area contributed by atoms with E-state index in [2.05, 4.69) is 23.2 Å². The molecular formula is C19H24N2O3. The Hall–Kier alpha value is -2.27. The summed E-state index contributed by atoms with van der Waals surface area (Å²) in [5, 5.41) is 3.02. The third-order valence-electron chi connectivity index (χ3n) is 4.43. The molecule has 2 aromatic rings. The lowest BCUT2D eigenvalue weighted by atomic mass is 10.1. The molecule has 1 amide bonds. The van der Waals surface area contributed by atoms with Crippen LogP contribution in [0.3, 0.4) is 0 Å². The second kappa shape index (κ2) is 7.53. The molecule has 0 aliphatic carbocycles. The topological polar surface area (TPSA) is 58.6 Å². The molecule has 1 atom stereocenters. The van der Waals surface area contributed by atoms with Crippen LogP contribution in [-0.4, -0.2) is 37.0 Å². The molecule has 3 heterocycles. The lowest BCUT2D eigenvalue weighted by Crippen LogP contribution is -2.31. The molecular weight excluding hydrogens is 304 g/mol. The Bertz CT molecular complexity index is 700. The monoisotopic (exact) mass is 328 g/mol. The highest BCUT2D eigenvalue weighted by atomic mass is 16.3. The Kier molecular flexibility index (Phi) is 5.20. The van der Waals surface area contributed by atoms with E-state index in [4.69, 9.17) is 8.83 Å². The first kappa shape index (κ1) is 16.6. The van der Waals surface area contributed by atoms with Crippen LogP contribution in [0.4, 0.5) is 0 Å². The minimum absolute atomic E-state index is 0.0476. The molecule has 1 fully saturated rings. The van der Waals surface area contributed by atoms with Gasteiger partial charge in [0, 0.05) is 19.6 Å². The zero-order valence-corrected chi connectivity index (χ0v) is 14.2.